The molecule has 0 amide bonds. The number of benzene rings is 1. The molecular formula is C11H9FO3. The number of hydrogen-bond donors (Lipinski definition) is 1. The summed E-state index contributed by atoms with van der Waals surface area (Å²) in [6, 6.07) is 4.68. The van der Waals surface area contributed by atoms with E-state index in [1.165, 1.54) is 6.07 Å². The Morgan fingerprint density at radius 1 is 1.40 bits per heavy atom. The van der Waals surface area contributed by atoms with Crippen molar-refractivity contribution in [2.24, 2.45) is 0 Å². The highest BCUT2D eigenvalue weighted by molar-refractivity contribution is 6.38. The van der Waals surface area contributed by atoms with Crippen LogP contribution in [0.5, 0.6) is 0 Å². The fourth-order valence-corrected chi connectivity index (χ4v) is 1.04. The number of carboxylic acid groups (broad SMARTS) is 1. The fraction of sp³-hybridized carbons (Fsp3) is 0.0909. The molecule has 1 aromatic carbocycles. The Hall–Kier alpha value is -1.97. The van der Waals surface area contributed by atoms with Gasteiger partial charge in [-0.1, -0.05) is 18.2 Å². The van der Waals surface area contributed by atoms with Crippen molar-refractivity contribution >= 4 is 17.8 Å². The lowest BCUT2D eigenvalue weighted by Crippen LogP contribution is -2.08. The van der Waals surface area contributed by atoms with Gasteiger partial charge >= 0.3 is 5.97 Å². The average Bonchev–Trinajstić information content (AvgIpc) is 2.19. The van der Waals surface area contributed by atoms with Crippen LogP contribution < -0.4 is 0 Å². The topological polar surface area (TPSA) is 54.4 Å². The predicted octanol–water partition coefficient (Wildman–Crippen LogP) is 1.80. The van der Waals surface area contributed by atoms with Crippen LogP contribution in [0.3, 0.4) is 0 Å². The summed E-state index contributed by atoms with van der Waals surface area (Å²) in [5.74, 6) is -3.08. The predicted molar refractivity (Wildman–Crippen MR) is 52.8 cm³/mol. The minimum Gasteiger partial charge on any atom is -0.475 e. The normalized spacial score (nSPS) is 10.5. The second kappa shape index (κ2) is 4.50. The van der Waals surface area contributed by atoms with Crippen LogP contribution in [-0.4, -0.2) is 16.9 Å². The number of carbonyl (C=O) groups excluding carboxylic acids is 1. The first kappa shape index (κ1) is 11.1. The molecule has 15 heavy (non-hydrogen) atoms. The van der Waals surface area contributed by atoms with Crippen LogP contribution >= 0.6 is 0 Å². The van der Waals surface area contributed by atoms with E-state index in [4.69, 9.17) is 5.11 Å². The van der Waals surface area contributed by atoms with Crippen LogP contribution in [0.25, 0.3) is 6.08 Å². The van der Waals surface area contributed by atoms with Gasteiger partial charge in [0, 0.05) is 5.56 Å². The number of halogens is 1. The molecule has 0 bridgehead atoms. The first-order valence-electron chi connectivity index (χ1n) is 4.23. The van der Waals surface area contributed by atoms with Gasteiger partial charge in [0.2, 0.25) is 0 Å². The highest BCUT2D eigenvalue weighted by atomic mass is 19.1. The summed E-state index contributed by atoms with van der Waals surface area (Å²) in [6.07, 6.45) is 1.99. The second-order valence-electron chi connectivity index (χ2n) is 2.98. The van der Waals surface area contributed by atoms with Crippen LogP contribution in [0.15, 0.2) is 24.3 Å². The SMILES string of the molecule is Cc1cccc(/C=C/C(=O)C(=O)O)c1F. The molecule has 0 aliphatic rings. The smallest absolute Gasteiger partial charge is 0.376 e. The van der Waals surface area contributed by atoms with Crippen molar-refractivity contribution in [3.8, 4) is 0 Å². The Morgan fingerprint density at radius 2 is 2.07 bits per heavy atom. The Labute approximate surface area is 85.8 Å². The lowest BCUT2D eigenvalue weighted by molar-refractivity contribution is -0.146. The Bertz CT molecular complexity index is 435. The standard InChI is InChI=1S/C11H9FO3/c1-7-3-2-4-8(10(7)12)5-6-9(13)11(14)15/h2-6H,1H3,(H,14,15)/b6-5+. The summed E-state index contributed by atoms with van der Waals surface area (Å²) in [5, 5.41) is 8.29. The van der Waals surface area contributed by atoms with E-state index in [0.717, 1.165) is 12.2 Å². The third-order valence-corrected chi connectivity index (χ3v) is 1.85. The van der Waals surface area contributed by atoms with E-state index in [0.29, 0.717) is 5.56 Å². The molecule has 0 aliphatic heterocycles. The minimum atomic E-state index is -1.56. The van der Waals surface area contributed by atoms with Crippen LogP contribution in [-0.2, 0) is 9.59 Å². The monoisotopic (exact) mass is 208 g/mol. The van der Waals surface area contributed by atoms with E-state index in [9.17, 15) is 14.0 Å². The maximum Gasteiger partial charge on any atom is 0.376 e. The summed E-state index contributed by atoms with van der Waals surface area (Å²) in [4.78, 5) is 20.9. The van der Waals surface area contributed by atoms with Gasteiger partial charge in [0.1, 0.15) is 5.82 Å². The Morgan fingerprint density at radius 3 is 2.67 bits per heavy atom. The molecular weight excluding hydrogens is 199 g/mol. The number of hydrogen-bond acceptors (Lipinski definition) is 2. The molecule has 4 heteroatoms. The molecule has 1 aromatic rings. The van der Waals surface area contributed by atoms with Crippen LogP contribution in [0.1, 0.15) is 11.1 Å². The summed E-state index contributed by atoms with van der Waals surface area (Å²) in [5.41, 5.74) is 0.643. The molecule has 3 nitrogen and oxygen atoms in total. The molecule has 0 atom stereocenters. The van der Waals surface area contributed by atoms with Crippen molar-refractivity contribution in [1.82, 2.24) is 0 Å². The first-order valence-corrected chi connectivity index (χ1v) is 4.23. The van der Waals surface area contributed by atoms with E-state index in [-0.39, 0.29) is 5.56 Å². The zero-order valence-corrected chi connectivity index (χ0v) is 8.03. The summed E-state index contributed by atoms with van der Waals surface area (Å²) < 4.78 is 13.3. The number of ketones is 1. The lowest BCUT2D eigenvalue weighted by atomic mass is 10.1. The van der Waals surface area contributed by atoms with Crippen LogP contribution in [0.2, 0.25) is 0 Å². The van der Waals surface area contributed by atoms with Crippen LogP contribution in [0.4, 0.5) is 4.39 Å². The fourth-order valence-electron chi connectivity index (χ4n) is 1.04. The van der Waals surface area contributed by atoms with Crippen LogP contribution in [0, 0.1) is 12.7 Å². The highest BCUT2D eigenvalue weighted by Crippen LogP contribution is 2.13. The molecule has 1 rings (SSSR count). The molecule has 78 valence electrons. The van der Waals surface area contributed by atoms with E-state index < -0.39 is 17.6 Å². The van der Waals surface area contributed by atoms with E-state index in [1.54, 1.807) is 19.1 Å². The van der Waals surface area contributed by atoms with E-state index in [1.807, 2.05) is 0 Å². The zero-order valence-electron chi connectivity index (χ0n) is 8.03. The molecule has 0 saturated carbocycles. The third kappa shape index (κ3) is 2.74. The van der Waals surface area contributed by atoms with Gasteiger partial charge in [0.15, 0.2) is 0 Å². The number of rotatable bonds is 3. The molecule has 0 spiro atoms. The number of aryl methyl sites for hydroxylation is 1. The zero-order chi connectivity index (χ0) is 11.4. The van der Waals surface area contributed by atoms with Crippen molar-refractivity contribution in [1.29, 1.82) is 0 Å². The van der Waals surface area contributed by atoms with Gasteiger partial charge in [-0.15, -0.1) is 0 Å². The van der Waals surface area contributed by atoms with E-state index >= 15 is 0 Å². The van der Waals surface area contributed by atoms with Crippen molar-refractivity contribution < 1.29 is 19.1 Å². The van der Waals surface area contributed by atoms with Gasteiger partial charge in [0.25, 0.3) is 5.78 Å². The minimum absolute atomic E-state index is 0.199. The molecule has 1 N–H and O–H groups in total. The second-order valence-corrected chi connectivity index (χ2v) is 2.98. The van der Waals surface area contributed by atoms with Crippen molar-refractivity contribution in [2.75, 3.05) is 0 Å². The lowest BCUT2D eigenvalue weighted by Gasteiger charge is -1.98. The molecule has 0 unspecified atom stereocenters. The van der Waals surface area contributed by atoms with Gasteiger partial charge in [-0.25, -0.2) is 9.18 Å². The number of carboxylic acids is 1. The summed E-state index contributed by atoms with van der Waals surface area (Å²) in [7, 11) is 0. The van der Waals surface area contributed by atoms with Crippen molar-refractivity contribution in [2.45, 2.75) is 6.92 Å². The van der Waals surface area contributed by atoms with Gasteiger partial charge < -0.3 is 5.11 Å². The number of carbonyl (C=O) groups is 2. The molecule has 0 heterocycles. The molecule has 0 fully saturated rings. The maximum absolute atomic E-state index is 13.3. The Kier molecular flexibility index (Phi) is 3.33. The largest absolute Gasteiger partial charge is 0.475 e. The van der Waals surface area contributed by atoms with Crippen molar-refractivity contribution in [3.63, 3.8) is 0 Å². The number of aliphatic carboxylic acids is 1. The summed E-state index contributed by atoms with van der Waals surface area (Å²) >= 11 is 0. The van der Waals surface area contributed by atoms with Crippen molar-refractivity contribution in [3.05, 3.63) is 41.2 Å². The molecule has 0 aromatic heterocycles. The third-order valence-electron chi connectivity index (χ3n) is 1.85. The van der Waals surface area contributed by atoms with Gasteiger partial charge in [-0.2, -0.15) is 0 Å². The summed E-state index contributed by atoms with van der Waals surface area (Å²) in [6.45, 7) is 1.59. The quantitative estimate of drug-likeness (QED) is 0.608. The van der Waals surface area contributed by atoms with Gasteiger partial charge in [0.05, 0.1) is 0 Å². The molecule has 0 radical (unpaired) electrons. The average molecular weight is 208 g/mol. The molecule has 0 aliphatic carbocycles. The first-order chi connectivity index (χ1) is 7.02. The highest BCUT2D eigenvalue weighted by Gasteiger charge is 2.07. The van der Waals surface area contributed by atoms with Gasteiger partial charge in [-0.05, 0) is 24.6 Å². The Balaban J connectivity index is 2.95. The molecule has 0 saturated heterocycles. The van der Waals surface area contributed by atoms with E-state index in [2.05, 4.69) is 0 Å². The van der Waals surface area contributed by atoms with Gasteiger partial charge in [-0.3, -0.25) is 4.79 Å². The maximum atomic E-state index is 13.3.